The van der Waals surface area contributed by atoms with E-state index in [1.807, 2.05) is 0 Å². The predicted octanol–water partition coefficient (Wildman–Crippen LogP) is 3.65. The van der Waals surface area contributed by atoms with Gasteiger partial charge in [0, 0.05) is 5.69 Å². The number of aryl methyl sites for hydroxylation is 2. The highest BCUT2D eigenvalue weighted by molar-refractivity contribution is 5.82. The smallest absolute Gasteiger partial charge is 0.163 e. The summed E-state index contributed by atoms with van der Waals surface area (Å²) in [5, 5.41) is 0. The van der Waals surface area contributed by atoms with E-state index in [-0.39, 0.29) is 5.82 Å². The van der Waals surface area contributed by atoms with Crippen LogP contribution in [0.15, 0.2) is 24.4 Å². The summed E-state index contributed by atoms with van der Waals surface area (Å²) in [5.41, 5.74) is 4.72. The molecule has 1 N–H and O–H groups in total. The van der Waals surface area contributed by atoms with Gasteiger partial charge in [-0.2, -0.15) is 0 Å². The molecular weight excluding hydrogens is 281 g/mol. The van der Waals surface area contributed by atoms with Gasteiger partial charge in [0.15, 0.2) is 5.82 Å². The summed E-state index contributed by atoms with van der Waals surface area (Å²) in [6.07, 6.45) is 6.19. The summed E-state index contributed by atoms with van der Waals surface area (Å²) < 4.78 is 19.3. The molecule has 4 nitrogen and oxygen atoms in total. The molecule has 0 radical (unpaired) electrons. The zero-order chi connectivity index (χ0) is 15.1. The van der Waals surface area contributed by atoms with Gasteiger partial charge in [-0.3, -0.25) is 0 Å². The molecule has 112 valence electrons. The van der Waals surface area contributed by atoms with Crippen LogP contribution in [0.25, 0.3) is 22.4 Å². The molecule has 0 bridgehead atoms. The van der Waals surface area contributed by atoms with E-state index in [0.717, 1.165) is 23.9 Å². The van der Waals surface area contributed by atoms with E-state index in [0.29, 0.717) is 17.1 Å². The number of methoxy groups -OCH3 is 1. The molecule has 0 fully saturated rings. The minimum absolute atomic E-state index is 0.343. The number of H-pyrrole nitrogens is 1. The molecule has 1 aliphatic carbocycles. The SMILES string of the molecule is COc1ccc(F)c(-c2ncc3[nH]c4c(c3n2)CCCC4)c1. The maximum absolute atomic E-state index is 14.1. The van der Waals surface area contributed by atoms with Crippen molar-refractivity contribution in [3.63, 3.8) is 0 Å². The Balaban J connectivity index is 1.89. The Labute approximate surface area is 127 Å². The molecule has 22 heavy (non-hydrogen) atoms. The van der Waals surface area contributed by atoms with Crippen LogP contribution in [0.4, 0.5) is 4.39 Å². The first-order valence-corrected chi connectivity index (χ1v) is 7.46. The Hall–Kier alpha value is -2.43. The zero-order valence-corrected chi connectivity index (χ0v) is 12.3. The highest BCUT2D eigenvalue weighted by Crippen LogP contribution is 2.30. The van der Waals surface area contributed by atoms with E-state index in [9.17, 15) is 4.39 Å². The van der Waals surface area contributed by atoms with Crippen molar-refractivity contribution in [1.82, 2.24) is 15.0 Å². The molecule has 1 aromatic carbocycles. The number of benzene rings is 1. The van der Waals surface area contributed by atoms with Gasteiger partial charge in [-0.25, -0.2) is 14.4 Å². The average molecular weight is 297 g/mol. The number of rotatable bonds is 2. The van der Waals surface area contributed by atoms with Gasteiger partial charge >= 0.3 is 0 Å². The molecule has 0 unspecified atom stereocenters. The van der Waals surface area contributed by atoms with Gasteiger partial charge in [0.25, 0.3) is 0 Å². The number of fused-ring (bicyclic) bond motifs is 3. The summed E-state index contributed by atoms with van der Waals surface area (Å²) in [6.45, 7) is 0. The molecule has 0 spiro atoms. The van der Waals surface area contributed by atoms with Crippen molar-refractivity contribution in [3.05, 3.63) is 41.5 Å². The summed E-state index contributed by atoms with van der Waals surface area (Å²) in [5.74, 6) is 0.650. The van der Waals surface area contributed by atoms with Crippen LogP contribution in [0.1, 0.15) is 24.1 Å². The van der Waals surface area contributed by atoms with Crippen LogP contribution in [-0.4, -0.2) is 22.1 Å². The van der Waals surface area contributed by atoms with Gasteiger partial charge in [0.1, 0.15) is 11.6 Å². The highest BCUT2D eigenvalue weighted by Gasteiger charge is 2.18. The number of hydrogen-bond donors (Lipinski definition) is 1. The second-order valence-electron chi connectivity index (χ2n) is 5.59. The Morgan fingerprint density at radius 2 is 2.09 bits per heavy atom. The predicted molar refractivity (Wildman–Crippen MR) is 82.5 cm³/mol. The second-order valence-corrected chi connectivity index (χ2v) is 5.59. The summed E-state index contributed by atoms with van der Waals surface area (Å²) >= 11 is 0. The topological polar surface area (TPSA) is 50.8 Å². The van der Waals surface area contributed by atoms with Crippen LogP contribution >= 0.6 is 0 Å². The first-order chi connectivity index (χ1) is 10.8. The van der Waals surface area contributed by atoms with Crippen LogP contribution in [0.2, 0.25) is 0 Å². The normalized spacial score (nSPS) is 14.1. The van der Waals surface area contributed by atoms with E-state index in [4.69, 9.17) is 4.74 Å². The average Bonchev–Trinajstić information content (AvgIpc) is 2.93. The number of nitrogens with zero attached hydrogens (tertiary/aromatic N) is 2. The lowest BCUT2D eigenvalue weighted by Gasteiger charge is -2.10. The molecule has 0 saturated heterocycles. The maximum Gasteiger partial charge on any atom is 0.163 e. The van der Waals surface area contributed by atoms with Crippen molar-refractivity contribution < 1.29 is 9.13 Å². The number of nitrogens with one attached hydrogen (secondary N) is 1. The molecule has 4 rings (SSSR count). The number of aromatic nitrogens is 3. The minimum atomic E-state index is -0.343. The highest BCUT2D eigenvalue weighted by atomic mass is 19.1. The maximum atomic E-state index is 14.1. The van der Waals surface area contributed by atoms with E-state index in [1.54, 1.807) is 25.4 Å². The van der Waals surface area contributed by atoms with Crippen molar-refractivity contribution in [2.45, 2.75) is 25.7 Å². The molecule has 2 heterocycles. The van der Waals surface area contributed by atoms with Gasteiger partial charge in [0.2, 0.25) is 0 Å². The standard InChI is InChI=1S/C17H16FN3O/c1-22-10-6-7-13(18)12(8-10)17-19-9-15-16(21-17)11-4-2-3-5-14(11)20-15/h6-9,20H,2-5H2,1H3. The minimum Gasteiger partial charge on any atom is -0.497 e. The van der Waals surface area contributed by atoms with Crippen LogP contribution < -0.4 is 4.74 Å². The summed E-state index contributed by atoms with van der Waals surface area (Å²) in [4.78, 5) is 12.3. The fourth-order valence-electron chi connectivity index (χ4n) is 3.10. The monoisotopic (exact) mass is 297 g/mol. The largest absolute Gasteiger partial charge is 0.497 e. The Morgan fingerprint density at radius 1 is 1.23 bits per heavy atom. The van der Waals surface area contributed by atoms with E-state index >= 15 is 0 Å². The van der Waals surface area contributed by atoms with Gasteiger partial charge < -0.3 is 9.72 Å². The lowest BCUT2D eigenvalue weighted by atomic mass is 9.97. The summed E-state index contributed by atoms with van der Waals surface area (Å²) in [6, 6.07) is 4.61. The molecule has 2 aromatic heterocycles. The molecule has 0 saturated carbocycles. The van der Waals surface area contributed by atoms with Gasteiger partial charge in [-0.05, 0) is 49.4 Å². The Bertz CT molecular complexity index is 856. The van der Waals surface area contributed by atoms with Crippen LogP contribution in [0.5, 0.6) is 5.75 Å². The number of halogens is 1. The second kappa shape index (κ2) is 5.09. The quantitative estimate of drug-likeness (QED) is 0.785. The fraction of sp³-hybridized carbons (Fsp3) is 0.294. The Morgan fingerprint density at radius 3 is 2.95 bits per heavy atom. The molecular formula is C17H16FN3O. The third kappa shape index (κ3) is 2.04. The number of aromatic amines is 1. The van der Waals surface area contributed by atoms with Gasteiger partial charge in [-0.15, -0.1) is 0 Å². The summed E-state index contributed by atoms with van der Waals surface area (Å²) in [7, 11) is 1.56. The van der Waals surface area contributed by atoms with Crippen molar-refractivity contribution >= 4 is 11.0 Å². The molecule has 0 aliphatic heterocycles. The van der Waals surface area contributed by atoms with Crippen molar-refractivity contribution in [2.75, 3.05) is 7.11 Å². The van der Waals surface area contributed by atoms with Crippen LogP contribution in [0, 0.1) is 5.82 Å². The Kier molecular flexibility index (Phi) is 3.06. The van der Waals surface area contributed by atoms with E-state index in [1.165, 1.54) is 30.2 Å². The molecule has 0 atom stereocenters. The van der Waals surface area contributed by atoms with Crippen molar-refractivity contribution in [1.29, 1.82) is 0 Å². The lowest BCUT2D eigenvalue weighted by molar-refractivity contribution is 0.414. The molecule has 3 aromatic rings. The van der Waals surface area contributed by atoms with Gasteiger partial charge in [0.05, 0.1) is 29.9 Å². The first kappa shape index (κ1) is 13.2. The third-order valence-electron chi connectivity index (χ3n) is 4.24. The molecule has 5 heteroatoms. The van der Waals surface area contributed by atoms with Crippen LogP contribution in [-0.2, 0) is 12.8 Å². The van der Waals surface area contributed by atoms with E-state index in [2.05, 4.69) is 15.0 Å². The number of ether oxygens (including phenoxy) is 1. The zero-order valence-electron chi connectivity index (χ0n) is 12.3. The van der Waals surface area contributed by atoms with Crippen molar-refractivity contribution in [3.8, 4) is 17.1 Å². The van der Waals surface area contributed by atoms with Gasteiger partial charge in [-0.1, -0.05) is 0 Å². The first-order valence-electron chi connectivity index (χ1n) is 7.46. The molecule has 0 amide bonds. The third-order valence-corrected chi connectivity index (χ3v) is 4.24. The number of hydrogen-bond acceptors (Lipinski definition) is 3. The lowest BCUT2D eigenvalue weighted by Crippen LogP contribution is -2.01. The van der Waals surface area contributed by atoms with Crippen molar-refractivity contribution in [2.24, 2.45) is 0 Å². The molecule has 1 aliphatic rings. The van der Waals surface area contributed by atoms with Crippen LogP contribution in [0.3, 0.4) is 0 Å². The fourth-order valence-corrected chi connectivity index (χ4v) is 3.10. The van der Waals surface area contributed by atoms with E-state index < -0.39 is 0 Å².